The number of hydrogen-bond acceptors (Lipinski definition) is 4. The summed E-state index contributed by atoms with van der Waals surface area (Å²) in [5.41, 5.74) is 1.40. The second-order valence-electron chi connectivity index (χ2n) is 6.36. The maximum Gasteiger partial charge on any atom is 0.460 e. The Labute approximate surface area is 174 Å². The van der Waals surface area contributed by atoms with E-state index in [4.69, 9.17) is 4.74 Å². The van der Waals surface area contributed by atoms with Gasteiger partial charge in [-0.15, -0.1) is 0 Å². The molecule has 1 aliphatic rings. The zero-order chi connectivity index (χ0) is 24.5. The molecule has 0 spiro atoms. The topological polar surface area (TPSA) is 66.4 Å². The van der Waals surface area contributed by atoms with Crippen molar-refractivity contribution < 1.29 is 57.2 Å². The monoisotopic (exact) mass is 508 g/mol. The van der Waals surface area contributed by atoms with E-state index in [1.807, 2.05) is 0 Å². The summed E-state index contributed by atoms with van der Waals surface area (Å²) >= 11 is 0. The van der Waals surface area contributed by atoms with Gasteiger partial charge in [0.05, 0.1) is 7.11 Å². The lowest BCUT2D eigenvalue weighted by atomic mass is 10.1. The van der Waals surface area contributed by atoms with Gasteiger partial charge < -0.3 is 9.29 Å². The number of methoxy groups -OCH3 is 1. The van der Waals surface area contributed by atoms with Crippen molar-refractivity contribution >= 4 is 21.0 Å². The summed E-state index contributed by atoms with van der Waals surface area (Å²) in [6, 6.07) is 6.50. The molecule has 15 heteroatoms. The molecule has 0 atom stereocenters. The molecule has 0 bridgehead atoms. The van der Waals surface area contributed by atoms with Gasteiger partial charge in [-0.05, 0) is 38.0 Å². The van der Waals surface area contributed by atoms with Gasteiger partial charge in [0.15, 0.2) is 15.0 Å². The Balaban J connectivity index is 0.000000314. The summed E-state index contributed by atoms with van der Waals surface area (Å²) in [5.74, 6) is -11.0. The predicted octanol–water partition coefficient (Wildman–Crippen LogP) is 4.73. The molecule has 0 N–H and O–H groups in total. The van der Waals surface area contributed by atoms with Crippen LogP contribution in [-0.4, -0.2) is 54.9 Å². The van der Waals surface area contributed by atoms with E-state index in [1.165, 1.54) is 29.9 Å². The number of halogens is 9. The summed E-state index contributed by atoms with van der Waals surface area (Å²) in [5, 5.41) is -7.11. The highest BCUT2D eigenvalue weighted by molar-refractivity contribution is 7.97. The molecule has 180 valence electrons. The first-order valence-electron chi connectivity index (χ1n) is 8.29. The Morgan fingerprint density at radius 2 is 1.42 bits per heavy atom. The van der Waals surface area contributed by atoms with Gasteiger partial charge in [0.25, 0.3) is 0 Å². The van der Waals surface area contributed by atoms with E-state index in [-0.39, 0.29) is 0 Å². The molecular weight excluding hydrogens is 491 g/mol. The molecule has 1 fully saturated rings. The van der Waals surface area contributed by atoms with Crippen LogP contribution < -0.4 is 4.74 Å². The Morgan fingerprint density at radius 3 is 1.77 bits per heavy atom. The average molecular weight is 508 g/mol. The second-order valence-corrected chi connectivity index (χ2v) is 10.0. The zero-order valence-corrected chi connectivity index (χ0v) is 17.5. The maximum atomic E-state index is 12.2. The van der Waals surface area contributed by atoms with Crippen LogP contribution in [0.1, 0.15) is 18.4 Å². The Kier molecular flexibility index (Phi) is 8.26. The standard InChI is InChI=1S/C12H17OS.C4HF9O3S/c1-10-9-11(13-2)5-6-12(10)14-7-3-4-8-14;5-1(6,3(9,10)11)2(7,8)4(12,13)17(14,15)16/h5-6,9H,3-4,7-8H2,1-2H3;(H,14,15,16)/q+1;/p-1. The molecular formula is C16H17F9O4S2. The van der Waals surface area contributed by atoms with Crippen LogP contribution in [0, 0.1) is 6.92 Å². The Hall–Kier alpha value is -1.35. The van der Waals surface area contributed by atoms with Crippen molar-refractivity contribution in [1.82, 2.24) is 0 Å². The van der Waals surface area contributed by atoms with Crippen molar-refractivity contribution in [3.8, 4) is 5.75 Å². The van der Waals surface area contributed by atoms with Crippen LogP contribution >= 0.6 is 0 Å². The molecule has 0 amide bonds. The highest BCUT2D eigenvalue weighted by Crippen LogP contribution is 2.54. The summed E-state index contributed by atoms with van der Waals surface area (Å²) in [6.07, 6.45) is -4.34. The minimum atomic E-state index is -7.43. The van der Waals surface area contributed by atoms with Crippen molar-refractivity contribution in [1.29, 1.82) is 0 Å². The SMILES string of the molecule is COc1ccc([S+]2CCCC2)c(C)c1.O=S(=O)([O-])C(F)(F)C(F)(F)C(F)(F)C(F)(F)F. The third-order valence-corrected chi connectivity index (χ3v) is 7.68. The minimum Gasteiger partial charge on any atom is -0.743 e. The molecule has 1 aliphatic heterocycles. The zero-order valence-electron chi connectivity index (χ0n) is 15.9. The average Bonchev–Trinajstić information content (AvgIpc) is 3.14. The van der Waals surface area contributed by atoms with E-state index < -0.39 is 33.4 Å². The molecule has 31 heavy (non-hydrogen) atoms. The third-order valence-electron chi connectivity index (χ3n) is 4.15. The van der Waals surface area contributed by atoms with Crippen LogP contribution in [0.15, 0.2) is 23.1 Å². The van der Waals surface area contributed by atoms with Gasteiger partial charge in [0.2, 0.25) is 0 Å². The summed E-state index contributed by atoms with van der Waals surface area (Å²) in [7, 11) is -5.16. The minimum absolute atomic E-state index is 0.532. The van der Waals surface area contributed by atoms with Gasteiger partial charge in [-0.3, -0.25) is 0 Å². The Morgan fingerprint density at radius 1 is 0.935 bits per heavy atom. The largest absolute Gasteiger partial charge is 0.743 e. The van der Waals surface area contributed by atoms with E-state index in [0.29, 0.717) is 10.9 Å². The molecule has 1 heterocycles. The molecule has 4 nitrogen and oxygen atoms in total. The number of alkyl halides is 9. The van der Waals surface area contributed by atoms with Crippen molar-refractivity contribution in [3.05, 3.63) is 23.8 Å². The van der Waals surface area contributed by atoms with Crippen LogP contribution in [0.4, 0.5) is 39.5 Å². The molecule has 0 saturated carbocycles. The Bertz CT molecular complexity index is 864. The van der Waals surface area contributed by atoms with Gasteiger partial charge in [0.1, 0.15) is 17.3 Å². The smallest absolute Gasteiger partial charge is 0.460 e. The van der Waals surface area contributed by atoms with Crippen molar-refractivity contribution in [3.63, 3.8) is 0 Å². The summed E-state index contributed by atoms with van der Waals surface area (Å²) in [6.45, 7) is 2.20. The third kappa shape index (κ3) is 5.53. The van der Waals surface area contributed by atoms with Gasteiger partial charge in [-0.25, -0.2) is 8.42 Å². The quantitative estimate of drug-likeness (QED) is 0.328. The molecule has 1 aromatic carbocycles. The molecule has 1 aromatic rings. The number of rotatable bonds is 5. The van der Waals surface area contributed by atoms with Crippen molar-refractivity contribution in [2.45, 2.75) is 47.9 Å². The van der Waals surface area contributed by atoms with Crippen molar-refractivity contribution in [2.75, 3.05) is 18.6 Å². The normalized spacial score (nSPS) is 16.6. The van der Waals surface area contributed by atoms with E-state index >= 15 is 0 Å². The van der Waals surface area contributed by atoms with Gasteiger partial charge in [-0.2, -0.15) is 39.5 Å². The lowest BCUT2D eigenvalue weighted by Gasteiger charge is -2.34. The van der Waals surface area contributed by atoms with Gasteiger partial charge in [0, 0.05) is 16.5 Å². The predicted molar refractivity (Wildman–Crippen MR) is 92.9 cm³/mol. The summed E-state index contributed by atoms with van der Waals surface area (Å²) < 4.78 is 141. The fourth-order valence-corrected chi connectivity index (χ4v) is 5.43. The fraction of sp³-hybridized carbons (Fsp3) is 0.625. The van der Waals surface area contributed by atoms with Gasteiger partial charge in [-0.1, -0.05) is 0 Å². The highest BCUT2D eigenvalue weighted by atomic mass is 32.2. The van der Waals surface area contributed by atoms with E-state index in [0.717, 1.165) is 5.75 Å². The van der Waals surface area contributed by atoms with Crippen LogP contribution in [0.25, 0.3) is 0 Å². The van der Waals surface area contributed by atoms with Crippen LogP contribution in [0.3, 0.4) is 0 Å². The maximum absolute atomic E-state index is 12.2. The number of ether oxygens (including phenoxy) is 1. The number of hydrogen-bond donors (Lipinski definition) is 0. The van der Waals surface area contributed by atoms with E-state index in [9.17, 15) is 52.5 Å². The first kappa shape index (κ1) is 27.7. The molecule has 0 aliphatic carbocycles. The van der Waals surface area contributed by atoms with Crippen molar-refractivity contribution in [2.24, 2.45) is 0 Å². The first-order valence-corrected chi connectivity index (χ1v) is 11.3. The molecule has 2 rings (SSSR count). The van der Waals surface area contributed by atoms with Crippen LogP contribution in [-0.2, 0) is 21.0 Å². The summed E-state index contributed by atoms with van der Waals surface area (Å²) in [4.78, 5) is 1.56. The highest BCUT2D eigenvalue weighted by Gasteiger charge is 2.83. The second kappa shape index (κ2) is 9.25. The number of benzene rings is 1. The lowest BCUT2D eigenvalue weighted by molar-refractivity contribution is -0.382. The first-order chi connectivity index (χ1) is 13.8. The fourth-order valence-electron chi connectivity index (χ4n) is 2.47. The van der Waals surface area contributed by atoms with E-state index in [1.54, 1.807) is 12.0 Å². The number of aryl methyl sites for hydroxylation is 1. The molecule has 0 radical (unpaired) electrons. The lowest BCUT2D eigenvalue weighted by Crippen LogP contribution is -2.63. The van der Waals surface area contributed by atoms with Crippen LogP contribution in [0.5, 0.6) is 5.75 Å². The molecule has 1 saturated heterocycles. The van der Waals surface area contributed by atoms with Crippen LogP contribution in [0.2, 0.25) is 0 Å². The molecule has 0 aromatic heterocycles. The van der Waals surface area contributed by atoms with Gasteiger partial charge >= 0.3 is 23.3 Å². The molecule has 0 unspecified atom stereocenters. The van der Waals surface area contributed by atoms with E-state index in [2.05, 4.69) is 25.1 Å².